The molecule has 0 rings (SSSR count). The van der Waals surface area contributed by atoms with Gasteiger partial charge in [-0.05, 0) is 14.0 Å². The van der Waals surface area contributed by atoms with Crippen molar-refractivity contribution in [3.05, 3.63) is 24.6 Å². The van der Waals surface area contributed by atoms with Crippen LogP contribution in [0.3, 0.4) is 0 Å². The van der Waals surface area contributed by atoms with E-state index in [1.54, 1.807) is 6.21 Å². The lowest BCUT2D eigenvalue weighted by molar-refractivity contribution is 0.236. The van der Waals surface area contributed by atoms with Gasteiger partial charge in [0.05, 0.1) is 6.21 Å². The molecule has 0 heterocycles. The summed E-state index contributed by atoms with van der Waals surface area (Å²) in [5, 5.41) is 2.96. The van der Waals surface area contributed by atoms with Crippen molar-refractivity contribution >= 4 is 6.21 Å². The molecule has 0 radical (unpaired) electrons. The molecule has 0 amide bonds. The largest absolute Gasteiger partial charge is 0.491 e. The number of hydrogen-bond acceptors (Lipinski definition) is 3. The van der Waals surface area contributed by atoms with Crippen LogP contribution in [0, 0.1) is 0 Å². The zero-order valence-electron chi connectivity index (χ0n) is 9.76. The minimum atomic E-state index is 0. The van der Waals surface area contributed by atoms with E-state index in [0.29, 0.717) is 12.4 Å². The summed E-state index contributed by atoms with van der Waals surface area (Å²) in [5.41, 5.74) is 0.744. The van der Waals surface area contributed by atoms with Gasteiger partial charge >= 0.3 is 0 Å². The van der Waals surface area contributed by atoms with E-state index < -0.39 is 0 Å². The molecule has 1 N–H and O–H groups in total. The molecule has 0 aliphatic carbocycles. The van der Waals surface area contributed by atoms with Crippen molar-refractivity contribution in [2.45, 2.75) is 20.8 Å². The highest BCUT2D eigenvalue weighted by Gasteiger charge is 1.88. The second-order valence-corrected chi connectivity index (χ2v) is 2.41. The Morgan fingerprint density at radius 2 is 2.07 bits per heavy atom. The van der Waals surface area contributed by atoms with Crippen molar-refractivity contribution in [2.24, 2.45) is 4.99 Å². The van der Waals surface area contributed by atoms with E-state index in [1.165, 1.54) is 0 Å². The quantitative estimate of drug-likeness (QED) is 0.406. The number of likely N-dealkylation sites (N-methyl/N-ethyl adjacent to an activating group) is 1. The van der Waals surface area contributed by atoms with Crippen LogP contribution < -0.4 is 5.32 Å². The van der Waals surface area contributed by atoms with Crippen LogP contribution in [-0.2, 0) is 4.74 Å². The van der Waals surface area contributed by atoms with Gasteiger partial charge in [0, 0.05) is 13.7 Å². The van der Waals surface area contributed by atoms with Crippen LogP contribution in [0.25, 0.3) is 0 Å². The summed E-state index contributed by atoms with van der Waals surface area (Å²) in [6.07, 6.45) is 1.57. The molecule has 0 aromatic rings. The Morgan fingerprint density at radius 3 is 2.50 bits per heavy atom. The van der Waals surface area contributed by atoms with E-state index in [4.69, 9.17) is 4.74 Å². The number of rotatable bonds is 6. The second-order valence-electron chi connectivity index (χ2n) is 2.41. The van der Waals surface area contributed by atoms with Gasteiger partial charge in [-0.3, -0.25) is 4.99 Å². The Bertz CT molecular complexity index is 191. The Morgan fingerprint density at radius 1 is 1.50 bits per heavy atom. The smallest absolute Gasteiger partial charge is 0.130 e. The van der Waals surface area contributed by atoms with Gasteiger partial charge in [-0.15, -0.1) is 0 Å². The number of nitrogens with one attached hydrogen (secondary N) is 1. The SMILES string of the molecule is C=C(C)N=CC(=C)OCCNC.CC.[HH]. The first kappa shape index (κ1) is 15.4. The molecule has 0 aromatic heterocycles. The van der Waals surface area contributed by atoms with Crippen LogP contribution in [0.2, 0.25) is 0 Å². The molecule has 0 spiro atoms. The predicted molar refractivity (Wildman–Crippen MR) is 65.8 cm³/mol. The van der Waals surface area contributed by atoms with Gasteiger partial charge in [0.15, 0.2) is 0 Å². The molecule has 0 bridgehead atoms. The van der Waals surface area contributed by atoms with Gasteiger partial charge in [-0.2, -0.15) is 0 Å². The van der Waals surface area contributed by atoms with Gasteiger partial charge in [-0.1, -0.05) is 27.0 Å². The summed E-state index contributed by atoms with van der Waals surface area (Å²) in [6, 6.07) is 0. The molecule has 14 heavy (non-hydrogen) atoms. The van der Waals surface area contributed by atoms with E-state index in [2.05, 4.69) is 23.5 Å². The molecule has 0 aliphatic rings. The molecule has 0 unspecified atom stereocenters. The highest BCUT2D eigenvalue weighted by atomic mass is 16.5. The zero-order chi connectivity index (χ0) is 11.4. The van der Waals surface area contributed by atoms with Crippen molar-refractivity contribution in [3.8, 4) is 0 Å². The first-order chi connectivity index (χ1) is 6.66. The van der Waals surface area contributed by atoms with Crippen molar-refractivity contribution in [1.29, 1.82) is 0 Å². The van der Waals surface area contributed by atoms with Gasteiger partial charge < -0.3 is 10.1 Å². The second kappa shape index (κ2) is 11.9. The van der Waals surface area contributed by atoms with E-state index in [1.807, 2.05) is 27.8 Å². The zero-order valence-corrected chi connectivity index (χ0v) is 9.76. The fourth-order valence-corrected chi connectivity index (χ4v) is 0.504. The lowest BCUT2D eigenvalue weighted by Gasteiger charge is -2.03. The summed E-state index contributed by atoms with van der Waals surface area (Å²) in [7, 11) is 1.87. The number of nitrogens with zero attached hydrogens (tertiary/aromatic N) is 1. The summed E-state index contributed by atoms with van der Waals surface area (Å²) in [5.74, 6) is 0.563. The number of hydrogen-bond donors (Lipinski definition) is 1. The van der Waals surface area contributed by atoms with Crippen LogP contribution >= 0.6 is 0 Å². The maximum absolute atomic E-state index is 5.19. The molecule has 0 atom stereocenters. The average Bonchev–Trinajstić information content (AvgIpc) is 2.18. The van der Waals surface area contributed by atoms with Gasteiger partial charge in [0.25, 0.3) is 0 Å². The molecular weight excluding hydrogens is 176 g/mol. The van der Waals surface area contributed by atoms with Crippen LogP contribution in [0.1, 0.15) is 22.2 Å². The third kappa shape index (κ3) is 13.5. The molecule has 0 saturated carbocycles. The molecule has 0 fully saturated rings. The van der Waals surface area contributed by atoms with E-state index in [9.17, 15) is 0 Å². The third-order valence-corrected chi connectivity index (χ3v) is 1.07. The van der Waals surface area contributed by atoms with Crippen LogP contribution in [0.5, 0.6) is 0 Å². The third-order valence-electron chi connectivity index (χ3n) is 1.07. The van der Waals surface area contributed by atoms with Crippen molar-refractivity contribution < 1.29 is 6.16 Å². The number of aliphatic imine (C=N–C) groups is 1. The summed E-state index contributed by atoms with van der Waals surface area (Å²) in [6.45, 7) is 14.5. The average molecular weight is 200 g/mol. The number of allylic oxidation sites excluding steroid dienone is 2. The fraction of sp³-hybridized carbons (Fsp3) is 0.545. The Kier molecular flexibility index (Phi) is 13.1. The molecule has 0 saturated heterocycles. The van der Waals surface area contributed by atoms with Gasteiger partial charge in [0.2, 0.25) is 0 Å². The highest BCUT2D eigenvalue weighted by molar-refractivity contribution is 5.75. The lowest BCUT2D eigenvalue weighted by atomic mass is 10.5. The van der Waals surface area contributed by atoms with Gasteiger partial charge in [0.1, 0.15) is 12.4 Å². The van der Waals surface area contributed by atoms with Crippen LogP contribution in [-0.4, -0.2) is 26.4 Å². The Labute approximate surface area is 89.1 Å². The number of ether oxygens (including phenoxy) is 1. The van der Waals surface area contributed by atoms with E-state index >= 15 is 0 Å². The maximum atomic E-state index is 5.19. The maximum Gasteiger partial charge on any atom is 0.130 e. The fourth-order valence-electron chi connectivity index (χ4n) is 0.504. The predicted octanol–water partition coefficient (Wildman–Crippen LogP) is 2.61. The summed E-state index contributed by atoms with van der Waals surface area (Å²) >= 11 is 0. The monoisotopic (exact) mass is 200 g/mol. The standard InChI is InChI=1S/C9H16N2O.C2H6.H2/c1-8(2)11-7-9(3)12-6-5-10-4;1-2;/h7,10H,1,3,5-6H2,2,4H3;1-2H3;1H. The molecule has 3 heteroatoms. The van der Waals surface area contributed by atoms with Crippen molar-refractivity contribution in [2.75, 3.05) is 20.2 Å². The van der Waals surface area contributed by atoms with E-state index in [0.717, 1.165) is 12.2 Å². The summed E-state index contributed by atoms with van der Waals surface area (Å²) < 4.78 is 5.19. The Balaban J connectivity index is -0.000000449. The minimum absolute atomic E-state index is 0. The van der Waals surface area contributed by atoms with Crippen molar-refractivity contribution in [3.63, 3.8) is 0 Å². The van der Waals surface area contributed by atoms with Crippen LogP contribution in [0.4, 0.5) is 0 Å². The normalized spacial score (nSPS) is 9.14. The lowest BCUT2D eigenvalue weighted by Crippen LogP contribution is -2.13. The highest BCUT2D eigenvalue weighted by Crippen LogP contribution is 1.92. The molecular formula is C11H24N2O. The van der Waals surface area contributed by atoms with Gasteiger partial charge in [-0.25, -0.2) is 0 Å². The summed E-state index contributed by atoms with van der Waals surface area (Å²) in [4.78, 5) is 3.94. The molecule has 84 valence electrons. The molecule has 3 nitrogen and oxygen atoms in total. The first-order valence-corrected chi connectivity index (χ1v) is 4.82. The Hall–Kier alpha value is -1.09. The molecule has 0 aliphatic heterocycles. The van der Waals surface area contributed by atoms with Crippen molar-refractivity contribution in [1.82, 2.24) is 5.32 Å². The molecule has 0 aromatic carbocycles. The first-order valence-electron chi connectivity index (χ1n) is 4.82. The minimum Gasteiger partial charge on any atom is -0.491 e. The van der Waals surface area contributed by atoms with E-state index in [-0.39, 0.29) is 1.43 Å². The topological polar surface area (TPSA) is 33.6 Å². The van der Waals surface area contributed by atoms with Crippen LogP contribution in [0.15, 0.2) is 29.6 Å².